The van der Waals surface area contributed by atoms with Crippen LogP contribution in [0.15, 0.2) is 104 Å². The summed E-state index contributed by atoms with van der Waals surface area (Å²) in [6, 6.07) is 29.1. The van der Waals surface area contributed by atoms with Crippen molar-refractivity contribution in [1.29, 1.82) is 0 Å². The molecule has 0 spiro atoms. The summed E-state index contributed by atoms with van der Waals surface area (Å²) in [5.41, 5.74) is 9.13. The highest BCUT2D eigenvalue weighted by Gasteiger charge is 2.19. The van der Waals surface area contributed by atoms with Crippen LogP contribution in [0.4, 0.5) is 0 Å². The Hall–Kier alpha value is -4.51. The fraction of sp³-hybridized carbons (Fsp3) is 0. The van der Waals surface area contributed by atoms with E-state index in [0.717, 1.165) is 55.4 Å². The van der Waals surface area contributed by atoms with E-state index in [2.05, 4.69) is 80.8 Å². The van der Waals surface area contributed by atoms with Gasteiger partial charge in [-0.15, -0.1) is 0 Å². The Morgan fingerprint density at radius 1 is 0.531 bits per heavy atom. The molecule has 0 unspecified atom stereocenters. The van der Waals surface area contributed by atoms with Crippen LogP contribution in [0.3, 0.4) is 0 Å². The van der Waals surface area contributed by atoms with Gasteiger partial charge in [0.2, 0.25) is 0 Å². The third-order valence-electron chi connectivity index (χ3n) is 6.03. The van der Waals surface area contributed by atoms with Gasteiger partial charge in [-0.2, -0.15) is 0 Å². The summed E-state index contributed by atoms with van der Waals surface area (Å²) in [6.45, 7) is 0. The number of aromatic nitrogens is 5. The van der Waals surface area contributed by atoms with Gasteiger partial charge in [0.25, 0.3) is 0 Å². The number of para-hydroxylation sites is 2. The van der Waals surface area contributed by atoms with Gasteiger partial charge in [-0.05, 0) is 48.5 Å². The molecule has 0 N–H and O–H groups in total. The average molecular weight is 411 g/mol. The van der Waals surface area contributed by atoms with Crippen molar-refractivity contribution in [3.8, 4) is 11.4 Å². The fourth-order valence-corrected chi connectivity index (χ4v) is 4.71. The van der Waals surface area contributed by atoms with E-state index in [9.17, 15) is 0 Å². The molecular formula is C27H17N5. The van der Waals surface area contributed by atoms with Gasteiger partial charge in [0.05, 0.1) is 39.5 Å². The van der Waals surface area contributed by atoms with E-state index in [1.54, 1.807) is 6.20 Å². The predicted octanol–water partition coefficient (Wildman–Crippen LogP) is 6.07. The van der Waals surface area contributed by atoms with Crippen LogP contribution in [0.25, 0.3) is 55.4 Å². The summed E-state index contributed by atoms with van der Waals surface area (Å²) in [6.07, 6.45) is 5.53. The van der Waals surface area contributed by atoms with Gasteiger partial charge < -0.3 is 9.13 Å². The zero-order chi connectivity index (χ0) is 21.1. The third-order valence-corrected chi connectivity index (χ3v) is 6.03. The molecule has 5 nitrogen and oxygen atoms in total. The lowest BCUT2D eigenvalue weighted by molar-refractivity contribution is 1.13. The highest BCUT2D eigenvalue weighted by Crippen LogP contribution is 2.36. The summed E-state index contributed by atoms with van der Waals surface area (Å²) in [7, 11) is 0. The van der Waals surface area contributed by atoms with Crippen LogP contribution in [0, 0.1) is 0 Å². The maximum atomic E-state index is 5.20. The summed E-state index contributed by atoms with van der Waals surface area (Å²) in [5, 5.41) is 1.12. The lowest BCUT2D eigenvalue weighted by atomic mass is 10.2. The van der Waals surface area contributed by atoms with Crippen molar-refractivity contribution in [2.45, 2.75) is 0 Å². The molecule has 0 bridgehead atoms. The number of rotatable bonds is 2. The Balaban J connectivity index is 1.71. The average Bonchev–Trinajstić information content (AvgIpc) is 3.36. The molecule has 5 aromatic heterocycles. The molecule has 0 aliphatic heterocycles. The van der Waals surface area contributed by atoms with Gasteiger partial charge >= 0.3 is 0 Å². The standard InChI is InChI=1S/C27H17N5/c1-2-8-18(9-3-1)31-22-13-7-15-29-26(22)27-24(31)16-23-25(30-27)20-11-4-5-12-21(20)32(23)19-10-6-14-28-17-19/h1-17H. The van der Waals surface area contributed by atoms with Crippen LogP contribution in [-0.4, -0.2) is 24.1 Å². The molecule has 0 amide bonds. The lowest BCUT2D eigenvalue weighted by Gasteiger charge is -2.09. The molecule has 2 aromatic carbocycles. The fourth-order valence-electron chi connectivity index (χ4n) is 4.71. The van der Waals surface area contributed by atoms with Crippen molar-refractivity contribution < 1.29 is 0 Å². The summed E-state index contributed by atoms with van der Waals surface area (Å²) in [5.74, 6) is 0. The zero-order valence-corrected chi connectivity index (χ0v) is 17.1. The largest absolute Gasteiger partial charge is 0.306 e. The Morgan fingerprint density at radius 2 is 1.25 bits per heavy atom. The Kier molecular flexibility index (Phi) is 3.49. The van der Waals surface area contributed by atoms with Crippen LogP contribution in [0.2, 0.25) is 0 Å². The van der Waals surface area contributed by atoms with Crippen LogP contribution < -0.4 is 0 Å². The molecule has 32 heavy (non-hydrogen) atoms. The molecular weight excluding hydrogens is 394 g/mol. The molecule has 7 aromatic rings. The first-order chi connectivity index (χ1) is 15.9. The smallest absolute Gasteiger partial charge is 0.116 e. The summed E-state index contributed by atoms with van der Waals surface area (Å²) >= 11 is 0. The lowest BCUT2D eigenvalue weighted by Crippen LogP contribution is -1.96. The molecule has 0 saturated carbocycles. The van der Waals surface area contributed by atoms with Gasteiger partial charge in [-0.3, -0.25) is 9.97 Å². The molecule has 0 aliphatic carbocycles. The molecule has 5 heteroatoms. The number of hydrogen-bond donors (Lipinski definition) is 0. The number of hydrogen-bond acceptors (Lipinski definition) is 3. The first-order valence-corrected chi connectivity index (χ1v) is 10.6. The van der Waals surface area contributed by atoms with Crippen molar-refractivity contribution in [3.63, 3.8) is 0 Å². The van der Waals surface area contributed by atoms with Gasteiger partial charge in [-0.25, -0.2) is 4.98 Å². The number of nitrogens with zero attached hydrogens (tertiary/aromatic N) is 5. The van der Waals surface area contributed by atoms with Gasteiger partial charge in [-0.1, -0.05) is 36.4 Å². The minimum Gasteiger partial charge on any atom is -0.306 e. The molecule has 5 heterocycles. The number of benzene rings is 2. The second kappa shape index (κ2) is 6.49. The van der Waals surface area contributed by atoms with E-state index in [1.807, 2.05) is 30.6 Å². The van der Waals surface area contributed by atoms with E-state index in [1.165, 1.54) is 0 Å². The van der Waals surface area contributed by atoms with E-state index in [4.69, 9.17) is 9.97 Å². The predicted molar refractivity (Wildman–Crippen MR) is 129 cm³/mol. The molecule has 0 radical (unpaired) electrons. The van der Waals surface area contributed by atoms with E-state index >= 15 is 0 Å². The summed E-state index contributed by atoms with van der Waals surface area (Å²) in [4.78, 5) is 14.3. The van der Waals surface area contributed by atoms with Gasteiger partial charge in [0, 0.05) is 23.5 Å². The Bertz CT molecular complexity index is 1630. The first kappa shape index (κ1) is 17.2. The van der Waals surface area contributed by atoms with Crippen LogP contribution >= 0.6 is 0 Å². The van der Waals surface area contributed by atoms with Gasteiger partial charge in [0.1, 0.15) is 11.0 Å². The minimum absolute atomic E-state index is 0.908. The Labute approximate surface area is 183 Å². The quantitative estimate of drug-likeness (QED) is 0.347. The van der Waals surface area contributed by atoms with E-state index < -0.39 is 0 Å². The third kappa shape index (κ3) is 2.30. The normalized spacial score (nSPS) is 11.8. The topological polar surface area (TPSA) is 48.5 Å². The van der Waals surface area contributed by atoms with E-state index in [0.29, 0.717) is 0 Å². The molecule has 0 aliphatic rings. The van der Waals surface area contributed by atoms with Crippen molar-refractivity contribution in [2.24, 2.45) is 0 Å². The molecule has 0 saturated heterocycles. The van der Waals surface area contributed by atoms with E-state index in [-0.39, 0.29) is 0 Å². The maximum Gasteiger partial charge on any atom is 0.116 e. The van der Waals surface area contributed by atoms with Crippen molar-refractivity contribution in [1.82, 2.24) is 24.1 Å². The highest BCUT2D eigenvalue weighted by molar-refractivity contribution is 6.14. The second-order valence-electron chi connectivity index (χ2n) is 7.83. The highest BCUT2D eigenvalue weighted by atomic mass is 15.0. The zero-order valence-electron chi connectivity index (χ0n) is 17.1. The number of pyridine rings is 3. The maximum absolute atomic E-state index is 5.20. The molecule has 150 valence electrons. The molecule has 0 atom stereocenters. The summed E-state index contributed by atoms with van der Waals surface area (Å²) < 4.78 is 4.49. The van der Waals surface area contributed by atoms with Crippen molar-refractivity contribution >= 4 is 44.0 Å². The Morgan fingerprint density at radius 3 is 2.12 bits per heavy atom. The second-order valence-corrected chi connectivity index (χ2v) is 7.83. The van der Waals surface area contributed by atoms with Crippen LogP contribution in [0.5, 0.6) is 0 Å². The van der Waals surface area contributed by atoms with Gasteiger partial charge in [0.15, 0.2) is 0 Å². The van der Waals surface area contributed by atoms with Crippen LogP contribution in [0.1, 0.15) is 0 Å². The monoisotopic (exact) mass is 411 g/mol. The first-order valence-electron chi connectivity index (χ1n) is 10.6. The van der Waals surface area contributed by atoms with Crippen LogP contribution in [-0.2, 0) is 0 Å². The minimum atomic E-state index is 0.908. The van der Waals surface area contributed by atoms with Crippen molar-refractivity contribution in [2.75, 3.05) is 0 Å². The molecule has 7 rings (SSSR count). The SMILES string of the molecule is c1ccc(-n2c3cccnc3c3nc4c5ccccc5n(-c5cccnc5)c4cc32)cc1. The van der Waals surface area contributed by atoms with Crippen molar-refractivity contribution in [3.05, 3.63) is 104 Å². The number of fused-ring (bicyclic) bond motifs is 6. The molecule has 0 fully saturated rings.